The largest absolute Gasteiger partial charge is 0.383 e. The van der Waals surface area contributed by atoms with Crippen LogP contribution in [0.1, 0.15) is 25.3 Å². The molecule has 1 atom stereocenters. The lowest BCUT2D eigenvalue weighted by Crippen LogP contribution is -2.38. The first-order valence-electron chi connectivity index (χ1n) is 6.54. The van der Waals surface area contributed by atoms with E-state index >= 15 is 0 Å². The van der Waals surface area contributed by atoms with Crippen LogP contribution in [0.15, 0.2) is 12.3 Å². The van der Waals surface area contributed by atoms with Gasteiger partial charge in [-0.2, -0.15) is 5.10 Å². The Morgan fingerprint density at radius 2 is 2.33 bits per heavy atom. The highest BCUT2D eigenvalue weighted by Crippen LogP contribution is 2.36. The van der Waals surface area contributed by atoms with E-state index in [1.54, 1.807) is 13.3 Å². The summed E-state index contributed by atoms with van der Waals surface area (Å²) >= 11 is 0. The predicted molar refractivity (Wildman–Crippen MR) is 71.3 cm³/mol. The van der Waals surface area contributed by atoms with Gasteiger partial charge in [0.2, 0.25) is 0 Å². The fraction of sp³-hybridized carbons (Fsp3) is 0.692. The lowest BCUT2D eigenvalue weighted by atomic mass is 10.1. The molecule has 0 amide bonds. The van der Waals surface area contributed by atoms with Crippen molar-refractivity contribution in [1.82, 2.24) is 10.2 Å². The summed E-state index contributed by atoms with van der Waals surface area (Å²) in [6.07, 6.45) is 4.31. The Morgan fingerprint density at radius 1 is 1.56 bits per heavy atom. The molecule has 2 N–H and O–H groups in total. The minimum atomic E-state index is 0.474. The van der Waals surface area contributed by atoms with Gasteiger partial charge < -0.3 is 15.4 Å². The van der Waals surface area contributed by atoms with Crippen LogP contribution in [0.2, 0.25) is 0 Å². The second-order valence-corrected chi connectivity index (χ2v) is 4.85. The summed E-state index contributed by atoms with van der Waals surface area (Å²) in [4.78, 5) is 2.29. The molecular weight excluding hydrogens is 228 g/mol. The summed E-state index contributed by atoms with van der Waals surface area (Å²) in [5.74, 6) is 1.69. The molecule has 2 rings (SSSR count). The molecule has 18 heavy (non-hydrogen) atoms. The first kappa shape index (κ1) is 13.2. The molecule has 0 spiro atoms. The SMILES string of the molecule is COCCN(c1nnccc1CN)C(C)C1CC1. The van der Waals surface area contributed by atoms with Gasteiger partial charge in [-0.25, -0.2) is 0 Å². The smallest absolute Gasteiger partial charge is 0.156 e. The van der Waals surface area contributed by atoms with E-state index in [9.17, 15) is 0 Å². The summed E-state index contributed by atoms with van der Waals surface area (Å²) in [6, 6.07) is 2.42. The highest BCUT2D eigenvalue weighted by Gasteiger charge is 2.33. The third-order valence-corrected chi connectivity index (χ3v) is 3.61. The van der Waals surface area contributed by atoms with Crippen molar-refractivity contribution < 1.29 is 4.74 Å². The molecule has 5 heteroatoms. The van der Waals surface area contributed by atoms with Gasteiger partial charge >= 0.3 is 0 Å². The molecule has 100 valence electrons. The molecule has 0 aliphatic heterocycles. The standard InChI is InChI=1S/C13H22N4O/c1-10(11-3-4-11)17(7-8-18-2)13-12(9-14)5-6-15-16-13/h5-6,10-11H,3-4,7-9,14H2,1-2H3. The third kappa shape index (κ3) is 2.97. The number of anilines is 1. The fourth-order valence-corrected chi connectivity index (χ4v) is 2.28. The van der Waals surface area contributed by atoms with E-state index in [4.69, 9.17) is 10.5 Å². The van der Waals surface area contributed by atoms with Crippen LogP contribution in [0, 0.1) is 5.92 Å². The zero-order chi connectivity index (χ0) is 13.0. The monoisotopic (exact) mass is 250 g/mol. The van der Waals surface area contributed by atoms with Crippen molar-refractivity contribution in [1.29, 1.82) is 0 Å². The third-order valence-electron chi connectivity index (χ3n) is 3.61. The number of rotatable bonds is 7. The average molecular weight is 250 g/mol. The van der Waals surface area contributed by atoms with Crippen LogP contribution >= 0.6 is 0 Å². The number of hydrogen-bond donors (Lipinski definition) is 1. The maximum absolute atomic E-state index is 5.78. The van der Waals surface area contributed by atoms with Crippen LogP contribution in [-0.4, -0.2) is 36.5 Å². The Labute approximate surface area is 108 Å². The molecule has 0 aromatic carbocycles. The Bertz CT molecular complexity index is 381. The van der Waals surface area contributed by atoms with Crippen LogP contribution in [-0.2, 0) is 11.3 Å². The van der Waals surface area contributed by atoms with E-state index in [0.717, 1.165) is 23.8 Å². The molecule has 1 aliphatic rings. The second-order valence-electron chi connectivity index (χ2n) is 4.85. The normalized spacial score (nSPS) is 16.6. The van der Waals surface area contributed by atoms with Gasteiger partial charge in [0.25, 0.3) is 0 Å². The molecule has 1 aromatic heterocycles. The van der Waals surface area contributed by atoms with Crippen molar-refractivity contribution in [2.45, 2.75) is 32.4 Å². The lowest BCUT2D eigenvalue weighted by molar-refractivity contribution is 0.202. The van der Waals surface area contributed by atoms with E-state index in [1.807, 2.05) is 6.07 Å². The average Bonchev–Trinajstić information content (AvgIpc) is 3.23. The van der Waals surface area contributed by atoms with Crippen molar-refractivity contribution >= 4 is 5.82 Å². The van der Waals surface area contributed by atoms with Gasteiger partial charge in [-0.05, 0) is 31.7 Å². The van der Waals surface area contributed by atoms with Crippen LogP contribution in [0.4, 0.5) is 5.82 Å². The van der Waals surface area contributed by atoms with Crippen molar-refractivity contribution in [3.05, 3.63) is 17.8 Å². The first-order valence-corrected chi connectivity index (χ1v) is 6.54. The molecule has 1 aromatic rings. The molecule has 1 fully saturated rings. The molecule has 5 nitrogen and oxygen atoms in total. The Kier molecular flexibility index (Phi) is 4.49. The van der Waals surface area contributed by atoms with Crippen molar-refractivity contribution in [2.75, 3.05) is 25.2 Å². The molecule has 0 radical (unpaired) electrons. The molecule has 1 unspecified atom stereocenters. The molecule has 1 heterocycles. The number of hydrogen-bond acceptors (Lipinski definition) is 5. The minimum absolute atomic E-state index is 0.474. The summed E-state index contributed by atoms with van der Waals surface area (Å²) in [5.41, 5.74) is 6.83. The summed E-state index contributed by atoms with van der Waals surface area (Å²) in [6.45, 7) is 4.27. The van der Waals surface area contributed by atoms with Gasteiger partial charge in [0.15, 0.2) is 5.82 Å². The van der Waals surface area contributed by atoms with E-state index in [2.05, 4.69) is 22.0 Å². The highest BCUT2D eigenvalue weighted by molar-refractivity contribution is 5.46. The Morgan fingerprint density at radius 3 is 2.94 bits per heavy atom. The highest BCUT2D eigenvalue weighted by atomic mass is 16.5. The van der Waals surface area contributed by atoms with Crippen LogP contribution in [0.3, 0.4) is 0 Å². The van der Waals surface area contributed by atoms with Crippen LogP contribution in [0.5, 0.6) is 0 Å². The van der Waals surface area contributed by atoms with E-state index < -0.39 is 0 Å². The van der Waals surface area contributed by atoms with E-state index in [0.29, 0.717) is 19.2 Å². The van der Waals surface area contributed by atoms with Crippen LogP contribution in [0.25, 0.3) is 0 Å². The Hall–Kier alpha value is -1.20. The first-order chi connectivity index (χ1) is 8.77. The maximum Gasteiger partial charge on any atom is 0.156 e. The summed E-state index contributed by atoms with van der Waals surface area (Å²) < 4.78 is 5.20. The van der Waals surface area contributed by atoms with Crippen LogP contribution < -0.4 is 10.6 Å². The fourth-order valence-electron chi connectivity index (χ4n) is 2.28. The molecular formula is C13H22N4O. The topological polar surface area (TPSA) is 64.3 Å². The number of ether oxygens (including phenoxy) is 1. The van der Waals surface area contributed by atoms with Gasteiger partial charge in [0.05, 0.1) is 12.8 Å². The minimum Gasteiger partial charge on any atom is -0.383 e. The Balaban J connectivity index is 2.20. The quantitative estimate of drug-likeness (QED) is 0.787. The van der Waals surface area contributed by atoms with Gasteiger partial charge in [0.1, 0.15) is 0 Å². The van der Waals surface area contributed by atoms with E-state index in [-0.39, 0.29) is 0 Å². The molecule has 0 bridgehead atoms. The van der Waals surface area contributed by atoms with Gasteiger partial charge in [-0.1, -0.05) is 0 Å². The van der Waals surface area contributed by atoms with Crippen molar-refractivity contribution in [2.24, 2.45) is 11.7 Å². The number of aromatic nitrogens is 2. The molecule has 0 saturated heterocycles. The lowest BCUT2D eigenvalue weighted by Gasteiger charge is -2.31. The number of nitrogens with two attached hydrogens (primary N) is 1. The van der Waals surface area contributed by atoms with Gasteiger partial charge in [0, 0.05) is 31.8 Å². The number of methoxy groups -OCH3 is 1. The predicted octanol–water partition coefficient (Wildman–Crippen LogP) is 1.19. The van der Waals surface area contributed by atoms with E-state index in [1.165, 1.54) is 12.8 Å². The second kappa shape index (κ2) is 6.11. The zero-order valence-electron chi connectivity index (χ0n) is 11.2. The molecule has 1 aliphatic carbocycles. The van der Waals surface area contributed by atoms with Gasteiger partial charge in [-0.3, -0.25) is 0 Å². The zero-order valence-corrected chi connectivity index (χ0v) is 11.2. The van der Waals surface area contributed by atoms with Crippen molar-refractivity contribution in [3.8, 4) is 0 Å². The van der Waals surface area contributed by atoms with Gasteiger partial charge in [-0.15, -0.1) is 5.10 Å². The van der Waals surface area contributed by atoms with Crippen molar-refractivity contribution in [3.63, 3.8) is 0 Å². The summed E-state index contributed by atoms with van der Waals surface area (Å²) in [5, 5.41) is 8.27. The maximum atomic E-state index is 5.78. The number of nitrogens with zero attached hydrogens (tertiary/aromatic N) is 3. The summed E-state index contributed by atoms with van der Waals surface area (Å²) in [7, 11) is 1.72. The molecule has 1 saturated carbocycles.